The number of fused-ring (bicyclic) bond motifs is 2. The van der Waals surface area contributed by atoms with Gasteiger partial charge in [0.1, 0.15) is 11.9 Å². The van der Waals surface area contributed by atoms with Crippen LogP contribution in [0.5, 0.6) is 0 Å². The molecule has 2 saturated heterocycles. The molecule has 8 heteroatoms. The molecule has 0 radical (unpaired) electrons. The molecule has 37 heavy (non-hydrogen) atoms. The van der Waals surface area contributed by atoms with Gasteiger partial charge < -0.3 is 19.3 Å². The topological polar surface area (TPSA) is 98.2 Å². The van der Waals surface area contributed by atoms with Gasteiger partial charge in [-0.3, -0.25) is 9.59 Å². The largest absolute Gasteiger partial charge is 0.457 e. The molecule has 7 nitrogen and oxygen atoms in total. The van der Waals surface area contributed by atoms with Crippen LogP contribution >= 0.6 is 11.3 Å². The summed E-state index contributed by atoms with van der Waals surface area (Å²) in [6.07, 6.45) is 0.994. The van der Waals surface area contributed by atoms with Crippen LogP contribution in [-0.2, 0) is 23.8 Å². The van der Waals surface area contributed by atoms with Gasteiger partial charge in [-0.1, -0.05) is 40.2 Å². The maximum atomic E-state index is 13.5. The van der Waals surface area contributed by atoms with Crippen molar-refractivity contribution in [3.8, 4) is 0 Å². The molecule has 0 aliphatic carbocycles. The van der Waals surface area contributed by atoms with E-state index in [0.29, 0.717) is 6.42 Å². The number of hydrogen-bond donors (Lipinski definition) is 1. The zero-order valence-electron chi connectivity index (χ0n) is 23.1. The van der Waals surface area contributed by atoms with Gasteiger partial charge in [-0.25, -0.2) is 4.98 Å². The normalized spacial score (nSPS) is 35.7. The molecule has 1 N–H and O–H groups in total. The summed E-state index contributed by atoms with van der Waals surface area (Å²) in [6.45, 7) is 11.5. The van der Waals surface area contributed by atoms with E-state index in [2.05, 4.69) is 18.8 Å². The number of epoxide rings is 1. The molecule has 204 valence electrons. The van der Waals surface area contributed by atoms with Crippen LogP contribution < -0.4 is 0 Å². The predicted molar refractivity (Wildman–Crippen MR) is 143 cm³/mol. The van der Waals surface area contributed by atoms with Gasteiger partial charge >= 0.3 is 5.97 Å². The standard InChI is InChI=1S/C29H41NO6S/c1-16-9-8-12-29(6)24(36-29)14-21(19-10-11-22-20(13-19)30-18(3)37-22)35-25(32)15-23(31)28(4,5)27(33)17(2)26(16)34-7/h10-11,13,16-17,21,23-24,26,31H,8-9,12,14-15H2,1-7H3/t16-,17+,21-,23-,24-,26-,29+/m0/s1. The number of Topliss-reactive ketones (excluding diaryl/α,β-unsaturated/α-hetero) is 1. The van der Waals surface area contributed by atoms with Crippen LogP contribution in [0.4, 0.5) is 0 Å². The Labute approximate surface area is 223 Å². The van der Waals surface area contributed by atoms with Gasteiger partial charge in [0, 0.05) is 19.4 Å². The minimum atomic E-state index is -1.18. The Morgan fingerprint density at radius 1 is 1.19 bits per heavy atom. The average molecular weight is 532 g/mol. The number of rotatable bonds is 2. The van der Waals surface area contributed by atoms with E-state index in [-0.39, 0.29) is 35.9 Å². The summed E-state index contributed by atoms with van der Waals surface area (Å²) in [4.78, 5) is 31.2. The highest BCUT2D eigenvalue weighted by Crippen LogP contribution is 2.47. The Hall–Kier alpha value is -1.87. The molecule has 2 aromatic rings. The number of aliphatic hydroxyl groups is 1. The highest BCUT2D eigenvalue weighted by atomic mass is 32.1. The molecule has 0 bridgehead atoms. The van der Waals surface area contributed by atoms with Crippen molar-refractivity contribution in [1.29, 1.82) is 0 Å². The maximum Gasteiger partial charge on any atom is 0.309 e. The number of carbonyl (C=O) groups excluding carboxylic acids is 2. The summed E-state index contributed by atoms with van der Waals surface area (Å²) in [5.74, 6) is -0.907. The van der Waals surface area contributed by atoms with Crippen LogP contribution in [0.1, 0.15) is 83.4 Å². The molecule has 2 aliphatic rings. The van der Waals surface area contributed by atoms with E-state index in [1.807, 2.05) is 32.0 Å². The Morgan fingerprint density at radius 2 is 1.92 bits per heavy atom. The summed E-state index contributed by atoms with van der Waals surface area (Å²) in [7, 11) is 1.63. The number of aryl methyl sites for hydroxylation is 1. The fourth-order valence-corrected chi connectivity index (χ4v) is 6.71. The van der Waals surface area contributed by atoms with Crippen molar-refractivity contribution < 1.29 is 28.9 Å². The van der Waals surface area contributed by atoms with Crippen LogP contribution in [0.15, 0.2) is 18.2 Å². The van der Waals surface area contributed by atoms with E-state index in [1.54, 1.807) is 32.3 Å². The third kappa shape index (κ3) is 5.92. The number of ketones is 1. The zero-order chi connectivity index (χ0) is 27.1. The summed E-state index contributed by atoms with van der Waals surface area (Å²) in [5.41, 5.74) is 0.343. The van der Waals surface area contributed by atoms with Crippen molar-refractivity contribution in [2.75, 3.05) is 7.11 Å². The lowest BCUT2D eigenvalue weighted by Crippen LogP contribution is -2.46. The number of aliphatic hydroxyl groups excluding tert-OH is 1. The van der Waals surface area contributed by atoms with E-state index in [4.69, 9.17) is 14.2 Å². The maximum absolute atomic E-state index is 13.5. The van der Waals surface area contributed by atoms with Gasteiger partial charge in [-0.15, -0.1) is 11.3 Å². The Bertz CT molecular complexity index is 1140. The predicted octanol–water partition coefficient (Wildman–Crippen LogP) is 5.55. The number of aromatic nitrogens is 1. The van der Waals surface area contributed by atoms with Crippen molar-refractivity contribution in [3.63, 3.8) is 0 Å². The lowest BCUT2D eigenvalue weighted by atomic mass is 9.73. The van der Waals surface area contributed by atoms with Crippen LogP contribution in [-0.4, -0.2) is 52.9 Å². The van der Waals surface area contributed by atoms with Crippen LogP contribution in [0, 0.1) is 24.2 Å². The molecule has 2 fully saturated rings. The molecule has 7 atom stereocenters. The number of methoxy groups -OCH3 is 1. The molecule has 0 amide bonds. The first kappa shape index (κ1) is 28.1. The first-order valence-electron chi connectivity index (χ1n) is 13.3. The summed E-state index contributed by atoms with van der Waals surface area (Å²) >= 11 is 1.63. The molecule has 1 aromatic carbocycles. The van der Waals surface area contributed by atoms with Crippen molar-refractivity contribution in [3.05, 3.63) is 28.8 Å². The second-order valence-corrected chi connectivity index (χ2v) is 13.0. The molecular formula is C29H41NO6S. The van der Waals surface area contributed by atoms with Crippen molar-refractivity contribution in [2.45, 2.75) is 104 Å². The van der Waals surface area contributed by atoms with Gasteiger partial charge in [0.25, 0.3) is 0 Å². The van der Waals surface area contributed by atoms with Crippen molar-refractivity contribution in [2.24, 2.45) is 17.3 Å². The number of hydrogen-bond acceptors (Lipinski definition) is 8. The highest BCUT2D eigenvalue weighted by molar-refractivity contribution is 7.18. The Balaban J connectivity index is 1.62. The number of esters is 1. The number of carbonyl (C=O) groups is 2. The van der Waals surface area contributed by atoms with Gasteiger partial charge in [0.15, 0.2) is 0 Å². The minimum Gasteiger partial charge on any atom is -0.457 e. The smallest absolute Gasteiger partial charge is 0.309 e. The molecule has 4 rings (SSSR count). The van der Waals surface area contributed by atoms with E-state index < -0.39 is 29.5 Å². The monoisotopic (exact) mass is 531 g/mol. The van der Waals surface area contributed by atoms with Crippen molar-refractivity contribution >= 4 is 33.3 Å². The van der Waals surface area contributed by atoms with E-state index in [1.165, 1.54) is 0 Å². The molecule has 3 heterocycles. The summed E-state index contributed by atoms with van der Waals surface area (Å²) < 4.78 is 19.0. The number of benzene rings is 1. The Morgan fingerprint density at radius 3 is 2.62 bits per heavy atom. The number of ether oxygens (including phenoxy) is 3. The molecule has 0 unspecified atom stereocenters. The first-order valence-corrected chi connectivity index (χ1v) is 14.2. The highest BCUT2D eigenvalue weighted by Gasteiger charge is 2.53. The number of nitrogens with zero attached hydrogens (tertiary/aromatic N) is 1. The van der Waals surface area contributed by atoms with Crippen LogP contribution in [0.2, 0.25) is 0 Å². The minimum absolute atomic E-state index is 0.0264. The molecular weight excluding hydrogens is 490 g/mol. The van der Waals surface area contributed by atoms with Gasteiger partial charge in [-0.05, 0) is 50.3 Å². The van der Waals surface area contributed by atoms with E-state index in [9.17, 15) is 14.7 Å². The lowest BCUT2D eigenvalue weighted by molar-refractivity contribution is -0.156. The lowest BCUT2D eigenvalue weighted by Gasteiger charge is -2.35. The number of thiazole rings is 1. The van der Waals surface area contributed by atoms with Gasteiger partial charge in [0.05, 0.1) is 51.0 Å². The SMILES string of the molecule is CO[C@H]1[C@@H](C)CCC[C@@]2(C)O[C@H]2C[C@@H](c2ccc3sc(C)nc3c2)OC(=O)C[C@H](O)C(C)(C)C(=O)[C@@H]1C. The zero-order valence-corrected chi connectivity index (χ0v) is 23.9. The quantitative estimate of drug-likeness (QED) is 0.400. The number of cyclic esters (lactones) is 1. The van der Waals surface area contributed by atoms with Crippen molar-refractivity contribution in [1.82, 2.24) is 4.98 Å². The Kier molecular flexibility index (Phi) is 8.15. The molecule has 2 aliphatic heterocycles. The first-order chi connectivity index (χ1) is 17.4. The third-order valence-corrected chi connectivity index (χ3v) is 9.48. The molecule has 0 spiro atoms. The van der Waals surface area contributed by atoms with E-state index in [0.717, 1.165) is 40.1 Å². The van der Waals surface area contributed by atoms with Crippen LogP contribution in [0.25, 0.3) is 10.2 Å². The fraction of sp³-hybridized carbons (Fsp3) is 0.690. The summed E-state index contributed by atoms with van der Waals surface area (Å²) in [5, 5.41) is 12.0. The third-order valence-electron chi connectivity index (χ3n) is 8.53. The van der Waals surface area contributed by atoms with Gasteiger partial charge in [0.2, 0.25) is 0 Å². The summed E-state index contributed by atoms with van der Waals surface area (Å²) in [6, 6.07) is 5.97. The fourth-order valence-electron chi connectivity index (χ4n) is 5.90. The van der Waals surface area contributed by atoms with E-state index >= 15 is 0 Å². The molecule has 0 saturated carbocycles. The average Bonchev–Trinajstić information content (AvgIpc) is 3.29. The molecule has 1 aromatic heterocycles. The second-order valence-electron chi connectivity index (χ2n) is 11.8. The van der Waals surface area contributed by atoms with Crippen LogP contribution in [0.3, 0.4) is 0 Å². The second kappa shape index (κ2) is 10.7. The van der Waals surface area contributed by atoms with Gasteiger partial charge in [-0.2, -0.15) is 0 Å².